The van der Waals surface area contributed by atoms with Gasteiger partial charge in [-0.25, -0.2) is 4.79 Å². The van der Waals surface area contributed by atoms with Crippen LogP contribution >= 0.6 is 0 Å². The van der Waals surface area contributed by atoms with E-state index >= 15 is 0 Å². The number of nitrogens with one attached hydrogen (secondary N) is 1. The average Bonchev–Trinajstić information content (AvgIpc) is 3.06. The average molecular weight is 252 g/mol. The van der Waals surface area contributed by atoms with E-state index in [1.54, 1.807) is 0 Å². The van der Waals surface area contributed by atoms with Gasteiger partial charge in [0.2, 0.25) is 0 Å². The zero-order valence-corrected chi connectivity index (χ0v) is 10.7. The van der Waals surface area contributed by atoms with Crippen molar-refractivity contribution in [2.24, 2.45) is 5.41 Å². The number of urea groups is 1. The topological polar surface area (TPSA) is 69.6 Å². The predicted molar refractivity (Wildman–Crippen MR) is 68.0 cm³/mol. The molecule has 1 saturated carbocycles. The van der Waals surface area contributed by atoms with Crippen LogP contribution in [0.5, 0.6) is 0 Å². The largest absolute Gasteiger partial charge is 0.480 e. The number of hydrogen-bond acceptors (Lipinski definition) is 2. The van der Waals surface area contributed by atoms with E-state index < -0.39 is 12.0 Å². The molecule has 1 aliphatic carbocycles. The zero-order chi connectivity index (χ0) is 13.6. The maximum absolute atomic E-state index is 11.8. The lowest BCUT2D eigenvalue weighted by molar-refractivity contribution is -0.137. The van der Waals surface area contributed by atoms with Gasteiger partial charge in [-0.15, -0.1) is 6.42 Å². The van der Waals surface area contributed by atoms with E-state index in [0.29, 0.717) is 6.54 Å². The third-order valence-electron chi connectivity index (χ3n) is 3.25. The molecule has 2 amide bonds. The fourth-order valence-corrected chi connectivity index (χ4v) is 2.07. The minimum Gasteiger partial charge on any atom is -0.480 e. The van der Waals surface area contributed by atoms with E-state index in [0.717, 1.165) is 30.6 Å². The molecule has 100 valence electrons. The first-order chi connectivity index (χ1) is 8.53. The van der Waals surface area contributed by atoms with Gasteiger partial charge in [-0.05, 0) is 24.7 Å². The maximum atomic E-state index is 11.8. The van der Waals surface area contributed by atoms with Crippen molar-refractivity contribution in [1.29, 1.82) is 0 Å². The lowest BCUT2D eigenvalue weighted by Crippen LogP contribution is -2.44. The summed E-state index contributed by atoms with van der Waals surface area (Å²) in [6, 6.07) is -0.391. The summed E-state index contributed by atoms with van der Waals surface area (Å²) >= 11 is 0. The van der Waals surface area contributed by atoms with Gasteiger partial charge in [0.15, 0.2) is 0 Å². The van der Waals surface area contributed by atoms with Crippen molar-refractivity contribution in [1.82, 2.24) is 10.2 Å². The molecule has 0 aromatic rings. The first-order valence-corrected chi connectivity index (χ1v) is 6.21. The standard InChI is InChI=1S/C13H20N2O3/c1-3-5-13(6-7-13)10-14-12(18)15(8-4-2)9-11(16)17/h2H,3,5-10H2,1H3,(H,14,18)(H,16,17). The van der Waals surface area contributed by atoms with Crippen LogP contribution in [-0.4, -0.2) is 41.6 Å². The van der Waals surface area contributed by atoms with Crippen molar-refractivity contribution in [2.45, 2.75) is 32.6 Å². The fraction of sp³-hybridized carbons (Fsp3) is 0.692. The Morgan fingerprint density at radius 1 is 1.50 bits per heavy atom. The summed E-state index contributed by atoms with van der Waals surface area (Å²) in [5.41, 5.74) is 0.245. The summed E-state index contributed by atoms with van der Waals surface area (Å²) in [4.78, 5) is 23.5. The molecule has 0 heterocycles. The molecule has 1 fully saturated rings. The monoisotopic (exact) mass is 252 g/mol. The smallest absolute Gasteiger partial charge is 0.323 e. The third-order valence-corrected chi connectivity index (χ3v) is 3.25. The third kappa shape index (κ3) is 4.28. The Balaban J connectivity index is 2.42. The van der Waals surface area contributed by atoms with E-state index in [1.165, 1.54) is 0 Å². The second-order valence-electron chi connectivity index (χ2n) is 4.86. The van der Waals surface area contributed by atoms with E-state index in [-0.39, 0.29) is 18.5 Å². The Morgan fingerprint density at radius 3 is 2.61 bits per heavy atom. The molecule has 18 heavy (non-hydrogen) atoms. The lowest BCUT2D eigenvalue weighted by atomic mass is 10.0. The van der Waals surface area contributed by atoms with Crippen molar-refractivity contribution >= 4 is 12.0 Å². The summed E-state index contributed by atoms with van der Waals surface area (Å²) in [6.07, 6.45) is 9.58. The molecule has 0 aromatic carbocycles. The number of carbonyl (C=O) groups excluding carboxylic acids is 1. The van der Waals surface area contributed by atoms with Crippen LogP contribution in [0, 0.1) is 17.8 Å². The number of rotatable bonds is 7. The van der Waals surface area contributed by atoms with Gasteiger partial charge in [-0.3, -0.25) is 4.79 Å². The minimum absolute atomic E-state index is 0.0128. The maximum Gasteiger partial charge on any atom is 0.323 e. The Morgan fingerprint density at radius 2 is 2.17 bits per heavy atom. The second kappa shape index (κ2) is 6.29. The van der Waals surface area contributed by atoms with Crippen LogP contribution in [0.3, 0.4) is 0 Å². The molecule has 1 rings (SSSR count). The molecule has 0 spiro atoms. The predicted octanol–water partition coefficient (Wildman–Crippen LogP) is 1.30. The molecule has 0 atom stereocenters. The summed E-state index contributed by atoms with van der Waals surface area (Å²) < 4.78 is 0. The number of aliphatic carboxylic acids is 1. The molecule has 5 nitrogen and oxygen atoms in total. The molecule has 0 bridgehead atoms. The van der Waals surface area contributed by atoms with Crippen LogP contribution < -0.4 is 5.32 Å². The van der Waals surface area contributed by atoms with Gasteiger partial charge in [-0.2, -0.15) is 0 Å². The molecular weight excluding hydrogens is 232 g/mol. The lowest BCUT2D eigenvalue weighted by Gasteiger charge is -2.21. The minimum atomic E-state index is -1.06. The Hall–Kier alpha value is -1.70. The van der Waals surface area contributed by atoms with Crippen LogP contribution in [0.2, 0.25) is 0 Å². The number of terminal acetylenes is 1. The molecule has 0 aromatic heterocycles. The van der Waals surface area contributed by atoms with E-state index in [2.05, 4.69) is 18.2 Å². The van der Waals surface area contributed by atoms with Crippen molar-refractivity contribution in [3.05, 3.63) is 0 Å². The SMILES string of the molecule is C#CCN(CC(=O)O)C(=O)NCC1(CCC)CC1. The van der Waals surface area contributed by atoms with Gasteiger partial charge in [0.05, 0.1) is 6.54 Å². The molecule has 1 aliphatic rings. The number of nitrogens with zero attached hydrogens (tertiary/aromatic N) is 1. The molecular formula is C13H20N2O3. The van der Waals surface area contributed by atoms with E-state index in [1.807, 2.05) is 0 Å². The molecule has 0 radical (unpaired) electrons. The molecule has 5 heteroatoms. The normalized spacial score (nSPS) is 15.6. The fourth-order valence-electron chi connectivity index (χ4n) is 2.07. The highest BCUT2D eigenvalue weighted by Gasteiger charge is 2.41. The van der Waals surface area contributed by atoms with Crippen LogP contribution in [0.1, 0.15) is 32.6 Å². The highest BCUT2D eigenvalue weighted by molar-refractivity contribution is 5.80. The first kappa shape index (κ1) is 14.4. The van der Waals surface area contributed by atoms with Crippen molar-refractivity contribution in [3.63, 3.8) is 0 Å². The quantitative estimate of drug-likeness (QED) is 0.671. The van der Waals surface area contributed by atoms with Crippen LogP contribution in [0.4, 0.5) is 4.79 Å². The highest BCUT2D eigenvalue weighted by atomic mass is 16.4. The Bertz CT molecular complexity index is 356. The molecule has 2 N–H and O–H groups in total. The Kier molecular flexibility index (Phi) is 5.02. The van der Waals surface area contributed by atoms with Crippen LogP contribution in [0.15, 0.2) is 0 Å². The number of carbonyl (C=O) groups is 2. The first-order valence-electron chi connectivity index (χ1n) is 6.21. The van der Waals surface area contributed by atoms with Crippen molar-refractivity contribution in [3.8, 4) is 12.3 Å². The molecule has 0 saturated heterocycles. The van der Waals surface area contributed by atoms with Crippen molar-refractivity contribution in [2.75, 3.05) is 19.6 Å². The number of carboxylic acid groups (broad SMARTS) is 1. The summed E-state index contributed by atoms with van der Waals surface area (Å²) in [6.45, 7) is 2.38. The summed E-state index contributed by atoms with van der Waals surface area (Å²) in [5, 5.41) is 11.5. The second-order valence-corrected chi connectivity index (χ2v) is 4.86. The summed E-state index contributed by atoms with van der Waals surface area (Å²) in [5.74, 6) is 1.23. The number of hydrogen-bond donors (Lipinski definition) is 2. The van der Waals surface area contributed by atoms with E-state index in [4.69, 9.17) is 11.5 Å². The van der Waals surface area contributed by atoms with Gasteiger partial charge in [-0.1, -0.05) is 19.3 Å². The van der Waals surface area contributed by atoms with Gasteiger partial charge in [0, 0.05) is 6.54 Å². The van der Waals surface area contributed by atoms with Gasteiger partial charge < -0.3 is 15.3 Å². The Labute approximate surface area is 108 Å². The molecule has 0 unspecified atom stereocenters. The summed E-state index contributed by atoms with van der Waals surface area (Å²) in [7, 11) is 0. The number of amides is 2. The highest BCUT2D eigenvalue weighted by Crippen LogP contribution is 2.48. The van der Waals surface area contributed by atoms with E-state index in [9.17, 15) is 9.59 Å². The van der Waals surface area contributed by atoms with Crippen molar-refractivity contribution < 1.29 is 14.7 Å². The van der Waals surface area contributed by atoms with Gasteiger partial charge >= 0.3 is 12.0 Å². The molecule has 0 aliphatic heterocycles. The van der Waals surface area contributed by atoms with Crippen LogP contribution in [0.25, 0.3) is 0 Å². The van der Waals surface area contributed by atoms with Gasteiger partial charge in [0.25, 0.3) is 0 Å². The van der Waals surface area contributed by atoms with Gasteiger partial charge in [0.1, 0.15) is 6.54 Å². The number of carboxylic acids is 1. The van der Waals surface area contributed by atoms with Crippen LogP contribution in [-0.2, 0) is 4.79 Å². The zero-order valence-electron chi connectivity index (χ0n) is 10.7.